The molecule has 1 fully saturated rings. The largest absolute Gasteiger partial charge is 0.356 e. The molecule has 0 unspecified atom stereocenters. The van der Waals surface area contributed by atoms with E-state index in [1.54, 1.807) is 18.7 Å². The van der Waals surface area contributed by atoms with E-state index < -0.39 is 17.6 Å². The van der Waals surface area contributed by atoms with Gasteiger partial charge in [0, 0.05) is 17.4 Å². The van der Waals surface area contributed by atoms with E-state index in [1.807, 2.05) is 36.4 Å². The molecule has 3 aliphatic rings. The average Bonchev–Trinajstić information content (AvgIpc) is 3.32. The molecule has 0 radical (unpaired) electrons. The first-order valence-electron chi connectivity index (χ1n) is 12.0. The van der Waals surface area contributed by atoms with Gasteiger partial charge in [-0.25, -0.2) is 9.69 Å². The normalized spacial score (nSPS) is 24.6. The van der Waals surface area contributed by atoms with Crippen molar-refractivity contribution in [2.24, 2.45) is 0 Å². The lowest BCUT2D eigenvalue weighted by Crippen LogP contribution is -2.50. The summed E-state index contributed by atoms with van der Waals surface area (Å²) < 4.78 is 0. The van der Waals surface area contributed by atoms with Crippen molar-refractivity contribution in [2.45, 2.75) is 57.2 Å². The summed E-state index contributed by atoms with van der Waals surface area (Å²) in [6, 6.07) is 14.7. The molecule has 2 N–H and O–H groups in total. The van der Waals surface area contributed by atoms with Crippen molar-refractivity contribution in [3.05, 3.63) is 70.9 Å². The van der Waals surface area contributed by atoms with Crippen LogP contribution in [0.25, 0.3) is 10.9 Å². The Hall–Kier alpha value is -3.61. The second-order valence-electron chi connectivity index (χ2n) is 9.78. The number of rotatable bonds is 3. The molecule has 34 heavy (non-hydrogen) atoms. The first-order valence-corrected chi connectivity index (χ1v) is 12.0. The Kier molecular flexibility index (Phi) is 4.59. The Morgan fingerprint density at radius 3 is 2.74 bits per heavy atom. The SMILES string of the molecule is C[C@@H](C(=O)N[C@H]1CCCc2ccccc21)N1C(=O)N2CCc3c([nH]c4ccccc34)[C@@]2(C)C1=O. The van der Waals surface area contributed by atoms with E-state index in [1.165, 1.54) is 5.56 Å². The molecule has 3 aromatic rings. The summed E-state index contributed by atoms with van der Waals surface area (Å²) in [5.74, 6) is -0.652. The van der Waals surface area contributed by atoms with Crippen LogP contribution in [0.2, 0.25) is 0 Å². The summed E-state index contributed by atoms with van der Waals surface area (Å²) in [7, 11) is 0. The molecule has 4 amide bonds. The van der Waals surface area contributed by atoms with Crippen molar-refractivity contribution < 1.29 is 14.4 Å². The van der Waals surface area contributed by atoms with Gasteiger partial charge in [-0.3, -0.25) is 9.59 Å². The van der Waals surface area contributed by atoms with Crippen LogP contribution < -0.4 is 5.32 Å². The van der Waals surface area contributed by atoms with Crippen LogP contribution in [0.15, 0.2) is 48.5 Å². The molecule has 0 spiro atoms. The fourth-order valence-corrected chi connectivity index (χ4v) is 6.07. The molecule has 1 aliphatic carbocycles. The zero-order valence-electron chi connectivity index (χ0n) is 19.4. The van der Waals surface area contributed by atoms with Gasteiger partial charge in [0.25, 0.3) is 5.91 Å². The molecule has 0 saturated carbocycles. The topological polar surface area (TPSA) is 85.5 Å². The van der Waals surface area contributed by atoms with Crippen LogP contribution >= 0.6 is 0 Å². The molecule has 7 heteroatoms. The van der Waals surface area contributed by atoms with Gasteiger partial charge in [0.1, 0.15) is 6.04 Å². The number of aromatic nitrogens is 1. The monoisotopic (exact) mass is 456 g/mol. The van der Waals surface area contributed by atoms with Gasteiger partial charge in [0.2, 0.25) is 5.91 Å². The summed E-state index contributed by atoms with van der Waals surface area (Å²) >= 11 is 0. The van der Waals surface area contributed by atoms with Gasteiger partial charge in [0.15, 0.2) is 5.54 Å². The number of nitrogens with one attached hydrogen (secondary N) is 2. The minimum atomic E-state index is -1.14. The fourth-order valence-electron chi connectivity index (χ4n) is 6.07. The third-order valence-corrected chi connectivity index (χ3v) is 7.95. The Morgan fingerprint density at radius 2 is 1.88 bits per heavy atom. The van der Waals surface area contributed by atoms with Crippen molar-refractivity contribution in [1.29, 1.82) is 0 Å². The molecule has 1 aromatic heterocycles. The van der Waals surface area contributed by atoms with E-state index in [2.05, 4.69) is 22.4 Å². The minimum absolute atomic E-state index is 0.105. The maximum absolute atomic E-state index is 13.8. The van der Waals surface area contributed by atoms with Crippen molar-refractivity contribution in [2.75, 3.05) is 6.54 Å². The number of hydrogen-bond donors (Lipinski definition) is 2. The number of aromatic amines is 1. The Labute approximate surface area is 198 Å². The Balaban J connectivity index is 1.30. The number of carbonyl (C=O) groups excluding carboxylic acids is 3. The summed E-state index contributed by atoms with van der Waals surface area (Å²) in [4.78, 5) is 46.8. The molecule has 174 valence electrons. The molecule has 7 nitrogen and oxygen atoms in total. The predicted octanol–water partition coefficient (Wildman–Crippen LogP) is 3.79. The Bertz CT molecular complexity index is 1340. The number of benzene rings is 2. The number of fused-ring (bicyclic) bond motifs is 6. The van der Waals surface area contributed by atoms with Crippen molar-refractivity contribution >= 4 is 28.7 Å². The zero-order valence-corrected chi connectivity index (χ0v) is 19.4. The van der Waals surface area contributed by atoms with Crippen LogP contribution in [-0.4, -0.2) is 45.2 Å². The van der Waals surface area contributed by atoms with E-state index in [-0.39, 0.29) is 17.9 Å². The summed E-state index contributed by atoms with van der Waals surface area (Å²) in [6.45, 7) is 3.88. The quantitative estimate of drug-likeness (QED) is 0.588. The summed E-state index contributed by atoms with van der Waals surface area (Å²) in [5, 5.41) is 4.20. The van der Waals surface area contributed by atoms with E-state index in [0.717, 1.165) is 51.9 Å². The second kappa shape index (κ2) is 7.45. The number of para-hydroxylation sites is 1. The van der Waals surface area contributed by atoms with Gasteiger partial charge in [-0.1, -0.05) is 42.5 Å². The second-order valence-corrected chi connectivity index (χ2v) is 9.78. The average molecular weight is 457 g/mol. The van der Waals surface area contributed by atoms with Crippen LogP contribution in [0.4, 0.5) is 4.79 Å². The predicted molar refractivity (Wildman–Crippen MR) is 128 cm³/mol. The number of aryl methyl sites for hydroxylation is 1. The maximum atomic E-state index is 13.8. The fraction of sp³-hybridized carbons (Fsp3) is 0.370. The van der Waals surface area contributed by atoms with Crippen molar-refractivity contribution in [1.82, 2.24) is 20.1 Å². The van der Waals surface area contributed by atoms with Crippen molar-refractivity contribution in [3.8, 4) is 0 Å². The molecule has 3 atom stereocenters. The van der Waals surface area contributed by atoms with E-state index in [4.69, 9.17) is 0 Å². The lowest BCUT2D eigenvalue weighted by Gasteiger charge is -2.36. The number of amides is 4. The smallest absolute Gasteiger partial charge is 0.328 e. The lowest BCUT2D eigenvalue weighted by molar-refractivity contribution is -0.139. The third-order valence-electron chi connectivity index (χ3n) is 7.95. The molecule has 6 rings (SSSR count). The number of urea groups is 1. The lowest BCUT2D eigenvalue weighted by atomic mass is 9.87. The third kappa shape index (κ3) is 2.79. The molecular weight excluding hydrogens is 428 g/mol. The number of nitrogens with zero attached hydrogens (tertiary/aromatic N) is 2. The van der Waals surface area contributed by atoms with Crippen molar-refractivity contribution in [3.63, 3.8) is 0 Å². The maximum Gasteiger partial charge on any atom is 0.328 e. The van der Waals surface area contributed by atoms with Crippen LogP contribution in [0, 0.1) is 0 Å². The number of hydrogen-bond acceptors (Lipinski definition) is 3. The first kappa shape index (κ1) is 21.0. The summed E-state index contributed by atoms with van der Waals surface area (Å²) in [5.41, 5.74) is 4.02. The van der Waals surface area contributed by atoms with Gasteiger partial charge in [0.05, 0.1) is 11.7 Å². The molecular formula is C27H28N4O3. The number of imide groups is 1. The van der Waals surface area contributed by atoms with Gasteiger partial charge < -0.3 is 15.2 Å². The van der Waals surface area contributed by atoms with Crippen LogP contribution in [0.3, 0.4) is 0 Å². The van der Waals surface area contributed by atoms with Gasteiger partial charge in [-0.05, 0) is 62.3 Å². The van der Waals surface area contributed by atoms with E-state index in [0.29, 0.717) is 13.0 Å². The molecule has 0 bridgehead atoms. The zero-order chi connectivity index (χ0) is 23.6. The van der Waals surface area contributed by atoms with Crippen LogP contribution in [0.5, 0.6) is 0 Å². The van der Waals surface area contributed by atoms with Crippen LogP contribution in [-0.2, 0) is 28.0 Å². The van der Waals surface area contributed by atoms with E-state index in [9.17, 15) is 14.4 Å². The highest BCUT2D eigenvalue weighted by molar-refractivity contribution is 6.11. The number of H-pyrrole nitrogens is 1. The summed E-state index contributed by atoms with van der Waals surface area (Å²) in [6.07, 6.45) is 3.51. The molecule has 2 aromatic carbocycles. The highest BCUT2D eigenvalue weighted by Crippen LogP contribution is 2.44. The highest BCUT2D eigenvalue weighted by Gasteiger charge is 2.60. The standard InChI is InChI=1S/C27H28N4O3/c1-16(24(32)29-21-13-7-9-17-8-3-4-10-18(17)21)31-25(33)27(2)23-20(14-15-30(27)26(31)34)19-11-5-6-12-22(19)28-23/h3-6,8,10-12,16,21,28H,7,9,13-15H2,1-2H3,(H,29,32)/t16-,21-,27-/m0/s1. The first-order chi connectivity index (χ1) is 16.4. The van der Waals surface area contributed by atoms with Crippen LogP contribution in [0.1, 0.15) is 55.1 Å². The molecule has 2 aliphatic heterocycles. The van der Waals surface area contributed by atoms with Gasteiger partial charge in [-0.15, -0.1) is 0 Å². The molecule has 1 saturated heterocycles. The van der Waals surface area contributed by atoms with Gasteiger partial charge >= 0.3 is 6.03 Å². The molecule has 3 heterocycles. The minimum Gasteiger partial charge on any atom is -0.356 e. The van der Waals surface area contributed by atoms with E-state index >= 15 is 0 Å². The number of carbonyl (C=O) groups is 3. The van der Waals surface area contributed by atoms with Gasteiger partial charge in [-0.2, -0.15) is 0 Å². The highest BCUT2D eigenvalue weighted by atomic mass is 16.2. The Morgan fingerprint density at radius 1 is 1.12 bits per heavy atom.